The number of nitrogens with one attached hydrogen (secondary N) is 2. The van der Waals surface area contributed by atoms with E-state index in [0.717, 1.165) is 27.1 Å². The molecule has 2 amide bonds. The monoisotopic (exact) mass is 439 g/mol. The molecule has 0 aliphatic rings. The van der Waals surface area contributed by atoms with E-state index in [1.165, 1.54) is 0 Å². The number of aromatic nitrogens is 1. The van der Waals surface area contributed by atoms with E-state index in [0.29, 0.717) is 5.69 Å². The van der Waals surface area contributed by atoms with Crippen molar-refractivity contribution in [2.75, 3.05) is 24.3 Å². The number of benzene rings is 2. The van der Waals surface area contributed by atoms with Gasteiger partial charge in [-0.05, 0) is 67.1 Å². The van der Waals surface area contributed by atoms with Crippen LogP contribution < -0.4 is 15.6 Å². The number of hydrazone groups is 1. The van der Waals surface area contributed by atoms with Gasteiger partial charge in [-0.15, -0.1) is 0 Å². The van der Waals surface area contributed by atoms with E-state index in [-0.39, 0.29) is 0 Å². The average Bonchev–Trinajstić information content (AvgIpc) is 3.13. The average molecular weight is 440 g/mol. The van der Waals surface area contributed by atoms with Crippen LogP contribution in [0.3, 0.4) is 0 Å². The summed E-state index contributed by atoms with van der Waals surface area (Å²) >= 11 is 3.44. The maximum absolute atomic E-state index is 12.0. The highest BCUT2D eigenvalue weighted by molar-refractivity contribution is 9.10. The van der Waals surface area contributed by atoms with E-state index < -0.39 is 6.03 Å². The molecular formula is C21H22BrN5O. The van der Waals surface area contributed by atoms with Crippen molar-refractivity contribution in [2.24, 2.45) is 5.10 Å². The van der Waals surface area contributed by atoms with Gasteiger partial charge in [0.25, 0.3) is 0 Å². The summed E-state index contributed by atoms with van der Waals surface area (Å²) < 4.78 is 3.00. The molecule has 3 aromatic rings. The van der Waals surface area contributed by atoms with Gasteiger partial charge in [-0.1, -0.05) is 15.9 Å². The van der Waals surface area contributed by atoms with Gasteiger partial charge < -0.3 is 14.8 Å². The zero-order valence-corrected chi connectivity index (χ0v) is 17.6. The Morgan fingerprint density at radius 1 is 1.14 bits per heavy atom. The molecule has 0 unspecified atom stereocenters. The Morgan fingerprint density at radius 2 is 1.89 bits per heavy atom. The summed E-state index contributed by atoms with van der Waals surface area (Å²) in [6.07, 6.45) is 3.57. The number of nitrogens with zero attached hydrogens (tertiary/aromatic N) is 3. The quantitative estimate of drug-likeness (QED) is 0.444. The van der Waals surface area contributed by atoms with Gasteiger partial charge >= 0.3 is 6.03 Å². The van der Waals surface area contributed by atoms with Crippen LogP contribution in [-0.4, -0.2) is 30.9 Å². The maximum Gasteiger partial charge on any atom is 0.339 e. The highest BCUT2D eigenvalue weighted by atomic mass is 79.9. The van der Waals surface area contributed by atoms with Crippen LogP contribution in [0.25, 0.3) is 5.69 Å². The lowest BCUT2D eigenvalue weighted by Crippen LogP contribution is -2.24. The fourth-order valence-corrected chi connectivity index (χ4v) is 2.93. The Balaban J connectivity index is 1.64. The molecule has 28 heavy (non-hydrogen) atoms. The minimum atomic E-state index is -0.397. The predicted octanol–water partition coefficient (Wildman–Crippen LogP) is 4.77. The molecule has 0 spiro atoms. The molecule has 1 aromatic heterocycles. The molecule has 1 heterocycles. The van der Waals surface area contributed by atoms with Crippen LogP contribution in [0.2, 0.25) is 0 Å². The van der Waals surface area contributed by atoms with Gasteiger partial charge in [-0.3, -0.25) is 0 Å². The third-order valence-electron chi connectivity index (χ3n) is 4.20. The smallest absolute Gasteiger partial charge is 0.339 e. The summed E-state index contributed by atoms with van der Waals surface area (Å²) in [5.41, 5.74) is 7.25. The van der Waals surface area contributed by atoms with Gasteiger partial charge in [0.05, 0.1) is 11.9 Å². The fourth-order valence-electron chi connectivity index (χ4n) is 2.68. The molecule has 2 aromatic carbocycles. The molecule has 0 bridgehead atoms. The number of carbonyl (C=O) groups excluding carboxylic acids is 1. The second-order valence-corrected chi connectivity index (χ2v) is 7.36. The number of halogens is 1. The van der Waals surface area contributed by atoms with Crippen molar-refractivity contribution in [1.82, 2.24) is 9.99 Å². The molecule has 3 rings (SSSR count). The highest BCUT2D eigenvalue weighted by Gasteiger charge is 2.04. The van der Waals surface area contributed by atoms with Crippen molar-refractivity contribution in [3.8, 4) is 5.69 Å². The third kappa shape index (κ3) is 4.80. The van der Waals surface area contributed by atoms with Crippen LogP contribution >= 0.6 is 15.9 Å². The second-order valence-electron chi connectivity index (χ2n) is 6.50. The van der Waals surface area contributed by atoms with Crippen molar-refractivity contribution in [2.45, 2.75) is 6.92 Å². The number of anilines is 2. The van der Waals surface area contributed by atoms with Gasteiger partial charge in [0.2, 0.25) is 0 Å². The van der Waals surface area contributed by atoms with Crippen molar-refractivity contribution >= 4 is 39.6 Å². The van der Waals surface area contributed by atoms with Crippen LogP contribution in [0, 0.1) is 6.92 Å². The van der Waals surface area contributed by atoms with Crippen molar-refractivity contribution in [3.63, 3.8) is 0 Å². The molecule has 0 saturated heterocycles. The lowest BCUT2D eigenvalue weighted by molar-refractivity contribution is 0.252. The summed E-state index contributed by atoms with van der Waals surface area (Å²) in [7, 11) is 4.02. The van der Waals surface area contributed by atoms with Crippen LogP contribution in [-0.2, 0) is 0 Å². The van der Waals surface area contributed by atoms with Crippen molar-refractivity contribution < 1.29 is 4.79 Å². The second kappa shape index (κ2) is 8.75. The Bertz CT molecular complexity index is 992. The zero-order valence-electron chi connectivity index (χ0n) is 16.0. The molecular weight excluding hydrogens is 418 g/mol. The van der Waals surface area contributed by atoms with Crippen LogP contribution in [0.15, 0.2) is 70.4 Å². The highest BCUT2D eigenvalue weighted by Crippen LogP contribution is 2.20. The number of carbonyl (C=O) groups is 1. The van der Waals surface area contributed by atoms with Gasteiger partial charge in [0.15, 0.2) is 0 Å². The van der Waals surface area contributed by atoms with E-state index in [1.54, 1.807) is 6.21 Å². The van der Waals surface area contributed by atoms with E-state index in [2.05, 4.69) is 48.8 Å². The SMILES string of the molecule is Cc1cc(NC(=O)N/N=C/c2cccn2-c2ccc(N(C)C)cc2)ccc1Br. The first-order valence-corrected chi connectivity index (χ1v) is 9.54. The molecule has 0 saturated carbocycles. The van der Waals surface area contributed by atoms with Gasteiger partial charge in [0.1, 0.15) is 0 Å². The third-order valence-corrected chi connectivity index (χ3v) is 5.09. The summed E-state index contributed by atoms with van der Waals surface area (Å²) in [6, 6.07) is 17.3. The minimum absolute atomic E-state index is 0.397. The lowest BCUT2D eigenvalue weighted by Gasteiger charge is -2.13. The number of aryl methyl sites for hydroxylation is 1. The number of rotatable bonds is 5. The van der Waals surface area contributed by atoms with Gasteiger partial charge in [-0.2, -0.15) is 5.10 Å². The van der Waals surface area contributed by atoms with Gasteiger partial charge in [-0.25, -0.2) is 10.2 Å². The number of amides is 2. The number of urea groups is 1. The summed E-state index contributed by atoms with van der Waals surface area (Å²) in [5, 5.41) is 6.81. The topological polar surface area (TPSA) is 61.7 Å². The molecule has 7 heteroatoms. The molecule has 0 radical (unpaired) electrons. The Kier molecular flexibility index (Phi) is 6.16. The van der Waals surface area contributed by atoms with Crippen LogP contribution in [0.4, 0.5) is 16.2 Å². The van der Waals surface area contributed by atoms with Crippen LogP contribution in [0.5, 0.6) is 0 Å². The first-order chi connectivity index (χ1) is 13.4. The largest absolute Gasteiger partial charge is 0.378 e. The van der Waals surface area contributed by atoms with E-state index in [4.69, 9.17) is 0 Å². The van der Waals surface area contributed by atoms with E-state index in [9.17, 15) is 4.79 Å². The standard InChI is InChI=1S/C21H22BrN5O/c1-15-13-16(6-11-20(15)22)24-21(28)25-23-14-19-5-4-12-27(19)18-9-7-17(8-10-18)26(2)3/h4-14H,1-3H3,(H2,24,25,28)/b23-14+. The molecule has 144 valence electrons. The molecule has 0 aliphatic heterocycles. The minimum Gasteiger partial charge on any atom is -0.378 e. The Labute approximate surface area is 173 Å². The fraction of sp³-hybridized carbons (Fsp3) is 0.143. The van der Waals surface area contributed by atoms with Crippen molar-refractivity contribution in [3.05, 3.63) is 76.5 Å². The van der Waals surface area contributed by atoms with Crippen LogP contribution in [0.1, 0.15) is 11.3 Å². The van der Waals surface area contributed by atoms with E-state index in [1.807, 2.05) is 74.2 Å². The predicted molar refractivity (Wildman–Crippen MR) is 119 cm³/mol. The molecule has 0 atom stereocenters. The molecule has 6 nitrogen and oxygen atoms in total. The normalized spacial score (nSPS) is 10.9. The first-order valence-electron chi connectivity index (χ1n) is 8.75. The number of hydrogen-bond acceptors (Lipinski definition) is 3. The maximum atomic E-state index is 12.0. The Hall–Kier alpha value is -3.06. The number of hydrogen-bond donors (Lipinski definition) is 2. The summed E-state index contributed by atoms with van der Waals surface area (Å²) in [6.45, 7) is 1.96. The molecule has 0 aliphatic carbocycles. The van der Waals surface area contributed by atoms with Crippen molar-refractivity contribution in [1.29, 1.82) is 0 Å². The van der Waals surface area contributed by atoms with Gasteiger partial charge in [0, 0.05) is 41.8 Å². The van der Waals surface area contributed by atoms with E-state index >= 15 is 0 Å². The zero-order chi connectivity index (χ0) is 20.1. The summed E-state index contributed by atoms with van der Waals surface area (Å²) in [5.74, 6) is 0. The Morgan fingerprint density at radius 3 is 2.57 bits per heavy atom. The summed E-state index contributed by atoms with van der Waals surface area (Å²) in [4.78, 5) is 14.1. The first kappa shape index (κ1) is 19.7. The molecule has 0 fully saturated rings. The molecule has 2 N–H and O–H groups in total. The lowest BCUT2D eigenvalue weighted by atomic mass is 10.2.